The molecule has 0 bridgehead atoms. The molecule has 0 unspecified atom stereocenters. The third-order valence-electron chi connectivity index (χ3n) is 4.21. The molecule has 0 saturated heterocycles. The average Bonchev–Trinajstić information content (AvgIpc) is 2.99. The van der Waals surface area contributed by atoms with Gasteiger partial charge >= 0.3 is 0 Å². The second-order valence-corrected chi connectivity index (χ2v) is 5.91. The predicted molar refractivity (Wildman–Crippen MR) is 91.8 cm³/mol. The van der Waals surface area contributed by atoms with Gasteiger partial charge in [0.05, 0.1) is 11.7 Å². The molecule has 0 aliphatic rings. The number of benzene rings is 2. The first-order chi connectivity index (χ1) is 11.1. The van der Waals surface area contributed by atoms with Crippen molar-refractivity contribution in [2.24, 2.45) is 0 Å². The minimum absolute atomic E-state index is 0.116. The van der Waals surface area contributed by atoms with Gasteiger partial charge in [-0.1, -0.05) is 41.0 Å². The van der Waals surface area contributed by atoms with Crippen molar-refractivity contribution in [2.45, 2.75) is 33.7 Å². The van der Waals surface area contributed by atoms with Gasteiger partial charge in [0.15, 0.2) is 0 Å². The van der Waals surface area contributed by atoms with Crippen LogP contribution in [0.3, 0.4) is 0 Å². The second-order valence-electron chi connectivity index (χ2n) is 5.91. The van der Waals surface area contributed by atoms with Crippen LogP contribution in [-0.4, -0.2) is 20.2 Å². The van der Waals surface area contributed by atoms with Gasteiger partial charge in [-0.3, -0.25) is 0 Å². The third kappa shape index (κ3) is 3.08. The van der Waals surface area contributed by atoms with E-state index in [9.17, 15) is 0 Å². The molecule has 3 rings (SSSR count). The number of nitrogens with one attached hydrogen (secondary N) is 1. The summed E-state index contributed by atoms with van der Waals surface area (Å²) >= 11 is 0. The van der Waals surface area contributed by atoms with E-state index in [2.05, 4.69) is 78.9 Å². The van der Waals surface area contributed by atoms with Gasteiger partial charge in [-0.05, 0) is 66.9 Å². The van der Waals surface area contributed by atoms with Crippen LogP contribution in [0.2, 0.25) is 0 Å². The first-order valence-electron chi connectivity index (χ1n) is 7.74. The van der Waals surface area contributed by atoms with Crippen molar-refractivity contribution in [3.63, 3.8) is 0 Å². The maximum absolute atomic E-state index is 4.12. The van der Waals surface area contributed by atoms with Crippen LogP contribution >= 0.6 is 0 Å². The Labute approximate surface area is 136 Å². The summed E-state index contributed by atoms with van der Waals surface area (Å²) in [4.78, 5) is 0. The molecule has 0 amide bonds. The Bertz CT molecular complexity index is 805. The van der Waals surface area contributed by atoms with Crippen LogP contribution in [0.5, 0.6) is 0 Å². The van der Waals surface area contributed by atoms with Gasteiger partial charge in [0.1, 0.15) is 0 Å². The monoisotopic (exact) mass is 307 g/mol. The highest BCUT2D eigenvalue weighted by Gasteiger charge is 2.14. The first kappa shape index (κ1) is 15.2. The van der Waals surface area contributed by atoms with E-state index in [1.54, 1.807) is 4.68 Å². The SMILES string of the molecule is Cc1ccc(-n2nnnc2N[C@H](C)c2cccc(C)c2C)cc1. The van der Waals surface area contributed by atoms with E-state index in [0.29, 0.717) is 5.95 Å². The van der Waals surface area contributed by atoms with Crippen LogP contribution in [0.1, 0.15) is 35.2 Å². The number of nitrogens with zero attached hydrogens (tertiary/aromatic N) is 4. The summed E-state index contributed by atoms with van der Waals surface area (Å²) in [5.74, 6) is 0.641. The van der Waals surface area contributed by atoms with Gasteiger partial charge in [0.25, 0.3) is 0 Å². The van der Waals surface area contributed by atoms with Gasteiger partial charge < -0.3 is 5.32 Å². The summed E-state index contributed by atoms with van der Waals surface area (Å²) in [5.41, 5.74) is 5.98. The summed E-state index contributed by atoms with van der Waals surface area (Å²) in [6.07, 6.45) is 0. The quantitative estimate of drug-likeness (QED) is 0.797. The highest BCUT2D eigenvalue weighted by Crippen LogP contribution is 2.23. The fraction of sp³-hybridized carbons (Fsp3) is 0.278. The molecular formula is C18H21N5. The van der Waals surface area contributed by atoms with Gasteiger partial charge in [0.2, 0.25) is 5.95 Å². The Morgan fingerprint density at radius 2 is 1.74 bits per heavy atom. The fourth-order valence-electron chi connectivity index (χ4n) is 2.65. The molecule has 1 atom stereocenters. The lowest BCUT2D eigenvalue weighted by atomic mass is 9.98. The van der Waals surface area contributed by atoms with Gasteiger partial charge in [0, 0.05) is 0 Å². The van der Waals surface area contributed by atoms with Crippen LogP contribution in [0.15, 0.2) is 42.5 Å². The molecule has 0 fully saturated rings. The molecule has 5 heteroatoms. The summed E-state index contributed by atoms with van der Waals surface area (Å²) in [7, 11) is 0. The van der Waals surface area contributed by atoms with Gasteiger partial charge in [-0.2, -0.15) is 4.68 Å². The minimum atomic E-state index is 0.116. The van der Waals surface area contributed by atoms with E-state index < -0.39 is 0 Å². The molecule has 0 spiro atoms. The zero-order valence-corrected chi connectivity index (χ0v) is 13.9. The molecular weight excluding hydrogens is 286 g/mol. The van der Waals surface area contributed by atoms with Gasteiger partial charge in [-0.15, -0.1) is 0 Å². The van der Waals surface area contributed by atoms with E-state index in [1.165, 1.54) is 22.3 Å². The Hall–Kier alpha value is -2.69. The van der Waals surface area contributed by atoms with Crippen LogP contribution < -0.4 is 5.32 Å². The maximum atomic E-state index is 4.12. The summed E-state index contributed by atoms with van der Waals surface area (Å²) in [5, 5.41) is 15.4. The standard InChI is InChI=1S/C18H21N5/c1-12-8-10-16(11-9-12)23-18(20-21-22-23)19-15(4)17-7-5-6-13(2)14(17)3/h5-11,15H,1-4H3,(H,19,20,22)/t15-/m1/s1. The van der Waals surface area contributed by atoms with Crippen molar-refractivity contribution >= 4 is 5.95 Å². The lowest BCUT2D eigenvalue weighted by molar-refractivity contribution is 0.779. The van der Waals surface area contributed by atoms with Crippen molar-refractivity contribution < 1.29 is 0 Å². The van der Waals surface area contributed by atoms with Crippen molar-refractivity contribution in [3.8, 4) is 5.69 Å². The maximum Gasteiger partial charge on any atom is 0.248 e. The molecule has 0 radical (unpaired) electrons. The largest absolute Gasteiger partial charge is 0.346 e. The highest BCUT2D eigenvalue weighted by molar-refractivity contribution is 5.43. The van der Waals surface area contributed by atoms with Gasteiger partial charge in [-0.25, -0.2) is 0 Å². The highest BCUT2D eigenvalue weighted by atomic mass is 15.6. The zero-order chi connectivity index (χ0) is 16.4. The second kappa shape index (κ2) is 6.20. The van der Waals surface area contributed by atoms with E-state index >= 15 is 0 Å². The Balaban J connectivity index is 1.88. The smallest absolute Gasteiger partial charge is 0.248 e. The van der Waals surface area contributed by atoms with Crippen molar-refractivity contribution in [2.75, 3.05) is 5.32 Å². The topological polar surface area (TPSA) is 55.6 Å². The fourth-order valence-corrected chi connectivity index (χ4v) is 2.65. The summed E-state index contributed by atoms with van der Waals surface area (Å²) in [6.45, 7) is 8.45. The molecule has 0 aliphatic carbocycles. The normalized spacial score (nSPS) is 12.2. The molecule has 1 N–H and O–H groups in total. The molecule has 2 aromatic carbocycles. The van der Waals surface area contributed by atoms with Crippen LogP contribution in [0.25, 0.3) is 5.69 Å². The van der Waals surface area contributed by atoms with Crippen molar-refractivity contribution in [1.82, 2.24) is 20.2 Å². The molecule has 5 nitrogen and oxygen atoms in total. The van der Waals surface area contributed by atoms with E-state index in [0.717, 1.165) is 5.69 Å². The molecule has 0 saturated carbocycles. The predicted octanol–water partition coefficient (Wildman–Crippen LogP) is 3.76. The Morgan fingerprint density at radius 1 is 1.00 bits per heavy atom. The minimum Gasteiger partial charge on any atom is -0.346 e. The number of hydrogen-bond donors (Lipinski definition) is 1. The molecule has 23 heavy (non-hydrogen) atoms. The Morgan fingerprint density at radius 3 is 2.48 bits per heavy atom. The lowest BCUT2D eigenvalue weighted by Crippen LogP contribution is -2.13. The molecule has 0 aliphatic heterocycles. The molecule has 3 aromatic rings. The number of anilines is 1. The van der Waals surface area contributed by atoms with Crippen molar-refractivity contribution in [1.29, 1.82) is 0 Å². The van der Waals surface area contributed by atoms with E-state index in [1.807, 2.05) is 12.1 Å². The molecule has 1 aromatic heterocycles. The average molecular weight is 307 g/mol. The first-order valence-corrected chi connectivity index (χ1v) is 7.74. The van der Waals surface area contributed by atoms with Crippen LogP contribution in [-0.2, 0) is 0 Å². The number of hydrogen-bond acceptors (Lipinski definition) is 4. The third-order valence-corrected chi connectivity index (χ3v) is 4.21. The number of aryl methyl sites for hydroxylation is 2. The summed E-state index contributed by atoms with van der Waals surface area (Å²) < 4.78 is 1.72. The molecule has 118 valence electrons. The lowest BCUT2D eigenvalue weighted by Gasteiger charge is -2.18. The van der Waals surface area contributed by atoms with Crippen LogP contribution in [0, 0.1) is 20.8 Å². The number of aromatic nitrogens is 4. The van der Waals surface area contributed by atoms with Crippen molar-refractivity contribution in [3.05, 3.63) is 64.7 Å². The van der Waals surface area contributed by atoms with E-state index in [-0.39, 0.29) is 6.04 Å². The van der Waals surface area contributed by atoms with Crippen LogP contribution in [0.4, 0.5) is 5.95 Å². The number of tetrazole rings is 1. The summed E-state index contributed by atoms with van der Waals surface area (Å²) in [6, 6.07) is 14.6. The van der Waals surface area contributed by atoms with E-state index in [4.69, 9.17) is 0 Å². The zero-order valence-electron chi connectivity index (χ0n) is 13.9. The number of rotatable bonds is 4. The molecule has 1 heterocycles. The Kier molecular flexibility index (Phi) is 4.10.